The zero-order valence-electron chi connectivity index (χ0n) is 18.3. The molecule has 2 rings (SSSR count). The smallest absolute Gasteiger partial charge is 0.336 e. The van der Waals surface area contributed by atoms with Crippen LogP contribution in [0.1, 0.15) is 39.2 Å². The van der Waals surface area contributed by atoms with Crippen molar-refractivity contribution in [2.75, 3.05) is 26.9 Å². The molecule has 0 aliphatic carbocycles. The molecule has 1 aliphatic rings. The van der Waals surface area contributed by atoms with Gasteiger partial charge in [0.2, 0.25) is 0 Å². The van der Waals surface area contributed by atoms with Gasteiger partial charge in [-0.2, -0.15) is 0 Å². The van der Waals surface area contributed by atoms with Crippen LogP contribution >= 0.6 is 15.9 Å². The van der Waals surface area contributed by atoms with Crippen LogP contribution in [0.15, 0.2) is 39.1 Å². The van der Waals surface area contributed by atoms with Crippen LogP contribution in [0.2, 0.25) is 0 Å². The van der Waals surface area contributed by atoms with Crippen LogP contribution in [-0.2, 0) is 19.1 Å². The lowest BCUT2D eigenvalue weighted by Gasteiger charge is -2.31. The maximum Gasteiger partial charge on any atom is 0.336 e. The second kappa shape index (κ2) is 10.9. The number of ether oxygens (including phenoxy) is 4. The molecule has 0 atom stereocenters. The van der Waals surface area contributed by atoms with Crippen molar-refractivity contribution in [2.24, 2.45) is 0 Å². The molecule has 0 radical (unpaired) electrons. The van der Waals surface area contributed by atoms with Gasteiger partial charge in [0.05, 0.1) is 37.4 Å². The van der Waals surface area contributed by atoms with Crippen molar-refractivity contribution in [1.82, 2.24) is 5.32 Å². The normalized spacial score (nSPS) is 14.0. The minimum atomic E-state index is -0.821. The summed E-state index contributed by atoms with van der Waals surface area (Å²) >= 11 is 3.47. The SMILES string of the molecule is C#CCOc1c(OC)cc(Br)cc1C1C(C(=O)OCC)=C(C)NC(C)=C1C(=O)OCC. The van der Waals surface area contributed by atoms with E-state index in [1.54, 1.807) is 39.8 Å². The number of carbonyl (C=O) groups excluding carboxylic acids is 2. The van der Waals surface area contributed by atoms with Crippen molar-refractivity contribution in [3.05, 3.63) is 44.7 Å². The first kappa shape index (κ1) is 24.4. The molecule has 0 unspecified atom stereocenters. The van der Waals surface area contributed by atoms with Crippen LogP contribution in [0.3, 0.4) is 0 Å². The highest BCUT2D eigenvalue weighted by molar-refractivity contribution is 9.10. The summed E-state index contributed by atoms with van der Waals surface area (Å²) in [6.07, 6.45) is 5.40. The number of carbonyl (C=O) groups is 2. The Morgan fingerprint density at radius 2 is 1.65 bits per heavy atom. The van der Waals surface area contributed by atoms with Crippen LogP contribution in [0, 0.1) is 12.3 Å². The summed E-state index contributed by atoms with van der Waals surface area (Å²) in [7, 11) is 1.50. The van der Waals surface area contributed by atoms with E-state index >= 15 is 0 Å². The minimum absolute atomic E-state index is 0.0230. The van der Waals surface area contributed by atoms with Crippen LogP contribution < -0.4 is 14.8 Å². The van der Waals surface area contributed by atoms with Crippen LogP contribution in [0.4, 0.5) is 0 Å². The van der Waals surface area contributed by atoms with Gasteiger partial charge in [-0.1, -0.05) is 21.9 Å². The Balaban J connectivity index is 2.85. The third kappa shape index (κ3) is 5.23. The Morgan fingerprint density at radius 3 is 2.10 bits per heavy atom. The van der Waals surface area contributed by atoms with Gasteiger partial charge in [-0.3, -0.25) is 0 Å². The number of esters is 2. The molecule has 8 heteroatoms. The van der Waals surface area contributed by atoms with Crippen molar-refractivity contribution in [1.29, 1.82) is 0 Å². The molecule has 0 saturated carbocycles. The zero-order valence-corrected chi connectivity index (χ0v) is 19.8. The van der Waals surface area contributed by atoms with E-state index < -0.39 is 17.9 Å². The first-order valence-electron chi connectivity index (χ1n) is 9.77. The second-order valence-electron chi connectivity index (χ2n) is 6.60. The number of hydrogen-bond acceptors (Lipinski definition) is 7. The van der Waals surface area contributed by atoms with E-state index in [0.29, 0.717) is 32.9 Å². The van der Waals surface area contributed by atoms with E-state index in [2.05, 4.69) is 27.2 Å². The summed E-state index contributed by atoms with van der Waals surface area (Å²) in [5.41, 5.74) is 2.21. The molecule has 1 aliphatic heterocycles. The maximum atomic E-state index is 13.0. The van der Waals surface area contributed by atoms with E-state index in [1.165, 1.54) is 7.11 Å². The predicted octanol–water partition coefficient (Wildman–Crippen LogP) is 3.83. The van der Waals surface area contributed by atoms with Gasteiger partial charge in [-0.05, 0) is 39.8 Å². The van der Waals surface area contributed by atoms with Gasteiger partial charge in [0.15, 0.2) is 11.5 Å². The zero-order chi connectivity index (χ0) is 23.1. The molecule has 0 amide bonds. The molecule has 1 heterocycles. The standard InChI is InChI=1S/C23H26BrNO6/c1-7-10-31-21-16(11-15(24)12-17(21)28-6)20-18(22(26)29-8-2)13(4)25-14(5)19(20)23(27)30-9-3/h1,11-12,20,25H,8-10H2,2-6H3. The van der Waals surface area contributed by atoms with Crippen LogP contribution in [-0.4, -0.2) is 38.9 Å². The Bertz CT molecular complexity index is 933. The molecule has 1 aromatic rings. The number of nitrogens with one attached hydrogen (secondary N) is 1. The third-order valence-electron chi connectivity index (χ3n) is 4.63. The fourth-order valence-corrected chi connectivity index (χ4v) is 3.94. The Hall–Kier alpha value is -2.92. The van der Waals surface area contributed by atoms with Crippen LogP contribution in [0.5, 0.6) is 11.5 Å². The molecule has 1 aromatic carbocycles. The highest BCUT2D eigenvalue weighted by Crippen LogP contribution is 2.47. The largest absolute Gasteiger partial charge is 0.493 e. The number of rotatable bonds is 8. The molecule has 0 spiro atoms. The average molecular weight is 492 g/mol. The summed E-state index contributed by atoms with van der Waals surface area (Å²) in [6.45, 7) is 7.28. The van der Waals surface area contributed by atoms with Crippen LogP contribution in [0.25, 0.3) is 0 Å². The lowest BCUT2D eigenvalue weighted by Crippen LogP contribution is -2.32. The van der Waals surface area contributed by atoms with Gasteiger partial charge in [-0.25, -0.2) is 9.59 Å². The Morgan fingerprint density at radius 1 is 1.10 bits per heavy atom. The van der Waals surface area contributed by atoms with Crippen molar-refractivity contribution in [2.45, 2.75) is 33.6 Å². The summed E-state index contributed by atoms with van der Waals surface area (Å²) < 4.78 is 22.6. The molecule has 0 fully saturated rings. The number of hydrogen-bond donors (Lipinski definition) is 1. The molecular formula is C23H26BrNO6. The molecule has 7 nitrogen and oxygen atoms in total. The van der Waals surface area contributed by atoms with Gasteiger partial charge in [0.25, 0.3) is 0 Å². The lowest BCUT2D eigenvalue weighted by molar-refractivity contribution is -0.139. The van der Waals surface area contributed by atoms with Gasteiger partial charge in [0.1, 0.15) is 6.61 Å². The highest BCUT2D eigenvalue weighted by atomic mass is 79.9. The maximum absolute atomic E-state index is 13.0. The van der Waals surface area contributed by atoms with E-state index in [-0.39, 0.29) is 31.0 Å². The topological polar surface area (TPSA) is 83.1 Å². The number of terminal acetylenes is 1. The summed E-state index contributed by atoms with van der Waals surface area (Å²) in [5, 5.41) is 3.11. The molecule has 0 aromatic heterocycles. The third-order valence-corrected chi connectivity index (χ3v) is 5.09. The fourth-order valence-electron chi connectivity index (χ4n) is 3.49. The fraction of sp³-hybridized carbons (Fsp3) is 0.391. The minimum Gasteiger partial charge on any atom is -0.493 e. The van der Waals surface area contributed by atoms with Crippen molar-refractivity contribution in [3.8, 4) is 23.8 Å². The van der Waals surface area contributed by atoms with Crippen molar-refractivity contribution >= 4 is 27.9 Å². The van der Waals surface area contributed by atoms with Gasteiger partial charge >= 0.3 is 11.9 Å². The lowest BCUT2D eigenvalue weighted by atomic mass is 9.80. The predicted molar refractivity (Wildman–Crippen MR) is 120 cm³/mol. The summed E-state index contributed by atoms with van der Waals surface area (Å²) in [6, 6.07) is 3.49. The number of benzene rings is 1. The molecular weight excluding hydrogens is 466 g/mol. The van der Waals surface area contributed by atoms with Gasteiger partial charge < -0.3 is 24.3 Å². The van der Waals surface area contributed by atoms with E-state index in [9.17, 15) is 9.59 Å². The first-order valence-corrected chi connectivity index (χ1v) is 10.6. The molecule has 1 N–H and O–H groups in total. The van der Waals surface area contributed by atoms with E-state index in [0.717, 1.165) is 0 Å². The number of dihydropyridines is 1. The highest BCUT2D eigenvalue weighted by Gasteiger charge is 2.40. The van der Waals surface area contributed by atoms with Gasteiger partial charge in [0, 0.05) is 21.4 Å². The molecule has 166 valence electrons. The number of halogens is 1. The summed E-state index contributed by atoms with van der Waals surface area (Å²) in [4.78, 5) is 26.0. The van der Waals surface area contributed by atoms with E-state index in [4.69, 9.17) is 25.4 Å². The number of allylic oxidation sites excluding steroid dienone is 2. The monoisotopic (exact) mass is 491 g/mol. The van der Waals surface area contributed by atoms with Crippen molar-refractivity contribution < 1.29 is 28.5 Å². The first-order chi connectivity index (χ1) is 14.8. The molecule has 31 heavy (non-hydrogen) atoms. The second-order valence-corrected chi connectivity index (χ2v) is 7.51. The Labute approximate surface area is 190 Å². The molecule has 0 bridgehead atoms. The van der Waals surface area contributed by atoms with Gasteiger partial charge in [-0.15, -0.1) is 6.42 Å². The quantitative estimate of drug-likeness (QED) is 0.436. The van der Waals surface area contributed by atoms with E-state index in [1.807, 2.05) is 0 Å². The Kier molecular flexibility index (Phi) is 8.57. The number of methoxy groups -OCH3 is 1. The van der Waals surface area contributed by atoms with Crippen molar-refractivity contribution in [3.63, 3.8) is 0 Å². The summed E-state index contributed by atoms with van der Waals surface area (Å²) in [5.74, 6) is 1.25. The average Bonchev–Trinajstić information content (AvgIpc) is 2.71. The molecule has 0 saturated heterocycles.